The predicted molar refractivity (Wildman–Crippen MR) is 173 cm³/mol. The summed E-state index contributed by atoms with van der Waals surface area (Å²) >= 11 is 1.19. The van der Waals surface area contributed by atoms with Gasteiger partial charge in [0.2, 0.25) is 5.91 Å². The van der Waals surface area contributed by atoms with E-state index in [0.717, 1.165) is 19.3 Å². The van der Waals surface area contributed by atoms with Crippen LogP contribution in [0, 0.1) is 23.2 Å². The van der Waals surface area contributed by atoms with E-state index in [-0.39, 0.29) is 42.9 Å². The van der Waals surface area contributed by atoms with E-state index in [2.05, 4.69) is 27.8 Å². The van der Waals surface area contributed by atoms with E-state index in [4.69, 9.17) is 20.5 Å². The van der Waals surface area contributed by atoms with Crippen LogP contribution in [0.2, 0.25) is 0 Å². The number of alkyl halides is 3. The van der Waals surface area contributed by atoms with Gasteiger partial charge in [-0.05, 0) is 55.7 Å². The van der Waals surface area contributed by atoms with E-state index in [1.165, 1.54) is 29.5 Å². The van der Waals surface area contributed by atoms with Gasteiger partial charge in [0.25, 0.3) is 5.91 Å². The smallest absolute Gasteiger partial charge is 0.393 e. The standard InChI is InChI=1S/C32H35F3N6O5S/c1-41(2)16-15-39-24-7-4-6-21-22(19-32(33,34)35)27(47-29(21)24)8-5-14-38-23-10-9-20(18-26(23)46-17-13-36)30(43)40-25(31(44)45-3)11-12-28(37)42/h4,6-7,9-10,18,25,38-39H,11-12,14-17,19H2,1-3H3,(H2,37,42)(H,40,43). The highest BCUT2D eigenvalue weighted by molar-refractivity contribution is 7.20. The fourth-order valence-corrected chi connectivity index (χ4v) is 5.61. The molecule has 2 amide bonds. The van der Waals surface area contributed by atoms with Crippen molar-refractivity contribution in [3.63, 3.8) is 0 Å². The maximum Gasteiger partial charge on any atom is 0.393 e. The number of fused-ring (bicyclic) bond motifs is 1. The summed E-state index contributed by atoms with van der Waals surface area (Å²) in [5, 5.41) is 18.3. The zero-order valence-electron chi connectivity index (χ0n) is 26.0. The molecule has 1 aromatic heterocycles. The first kappa shape index (κ1) is 36.5. The Morgan fingerprint density at radius 3 is 2.55 bits per heavy atom. The van der Waals surface area contributed by atoms with Crippen LogP contribution in [-0.4, -0.2) is 82.3 Å². The summed E-state index contributed by atoms with van der Waals surface area (Å²) in [7, 11) is 5.00. The van der Waals surface area contributed by atoms with Gasteiger partial charge in [-0.25, -0.2) is 4.79 Å². The van der Waals surface area contributed by atoms with Crippen LogP contribution in [0.25, 0.3) is 10.1 Å². The second-order valence-electron chi connectivity index (χ2n) is 10.5. The third kappa shape index (κ3) is 11.1. The lowest BCUT2D eigenvalue weighted by atomic mass is 10.1. The molecule has 5 N–H and O–H groups in total. The number of hydrogen-bond donors (Lipinski definition) is 4. The Labute approximate surface area is 274 Å². The molecule has 0 radical (unpaired) electrons. The van der Waals surface area contributed by atoms with Crippen molar-refractivity contribution >= 4 is 50.6 Å². The number of thiophene rings is 1. The SMILES string of the molecule is COC(=O)C(CCC(N)=O)NC(=O)c1ccc(NCC#Cc2sc3c(NCCN(C)C)cccc3c2CC(F)(F)F)c(OCC#N)c1. The number of likely N-dealkylation sites (N-methyl/N-ethyl adjacent to an activating group) is 1. The fraction of sp³-hybridized carbons (Fsp3) is 0.375. The lowest BCUT2D eigenvalue weighted by Crippen LogP contribution is -2.42. The Bertz CT molecular complexity index is 1690. The second-order valence-corrected chi connectivity index (χ2v) is 11.5. The highest BCUT2D eigenvalue weighted by Crippen LogP contribution is 2.39. The monoisotopic (exact) mass is 672 g/mol. The molecule has 250 valence electrons. The van der Waals surface area contributed by atoms with Gasteiger partial charge in [-0.2, -0.15) is 18.4 Å². The molecule has 0 aliphatic heterocycles. The number of carbonyl (C=O) groups is 3. The Balaban J connectivity index is 1.83. The molecule has 15 heteroatoms. The zero-order chi connectivity index (χ0) is 34.6. The van der Waals surface area contributed by atoms with E-state index in [0.29, 0.717) is 27.2 Å². The van der Waals surface area contributed by atoms with Crippen LogP contribution in [0.5, 0.6) is 5.75 Å². The first-order valence-electron chi connectivity index (χ1n) is 14.4. The molecule has 1 heterocycles. The summed E-state index contributed by atoms with van der Waals surface area (Å²) < 4.78 is 51.6. The van der Waals surface area contributed by atoms with Crippen LogP contribution in [0.3, 0.4) is 0 Å². The molecule has 0 saturated carbocycles. The highest BCUT2D eigenvalue weighted by Gasteiger charge is 2.31. The average Bonchev–Trinajstić information content (AvgIpc) is 3.36. The highest BCUT2D eigenvalue weighted by atomic mass is 32.1. The molecule has 3 aromatic rings. The Hall–Kier alpha value is -4.99. The van der Waals surface area contributed by atoms with E-state index in [9.17, 15) is 27.6 Å². The molecule has 0 saturated heterocycles. The number of methoxy groups -OCH3 is 1. The topological polar surface area (TPSA) is 159 Å². The number of halogens is 3. The number of rotatable bonds is 15. The first-order chi connectivity index (χ1) is 22.3. The molecule has 0 spiro atoms. The van der Waals surface area contributed by atoms with Crippen molar-refractivity contribution in [2.45, 2.75) is 31.5 Å². The molecule has 11 nitrogen and oxygen atoms in total. The molecule has 47 heavy (non-hydrogen) atoms. The predicted octanol–water partition coefficient (Wildman–Crippen LogP) is 3.88. The van der Waals surface area contributed by atoms with E-state index in [1.54, 1.807) is 12.1 Å². The van der Waals surface area contributed by atoms with E-state index < -0.39 is 36.4 Å². The number of esters is 1. The number of anilines is 2. The number of nitrogens with two attached hydrogens (primary N) is 1. The average molecular weight is 673 g/mol. The molecular weight excluding hydrogens is 637 g/mol. The fourth-order valence-electron chi connectivity index (χ4n) is 4.42. The van der Waals surface area contributed by atoms with Crippen LogP contribution in [0.4, 0.5) is 24.5 Å². The largest absolute Gasteiger partial charge is 0.477 e. The number of nitriles is 1. The minimum atomic E-state index is -4.43. The van der Waals surface area contributed by atoms with Gasteiger partial charge >= 0.3 is 12.1 Å². The van der Waals surface area contributed by atoms with Gasteiger partial charge in [-0.1, -0.05) is 24.0 Å². The lowest BCUT2D eigenvalue weighted by molar-refractivity contribution is -0.143. The Kier molecular flexibility index (Phi) is 13.3. The summed E-state index contributed by atoms with van der Waals surface area (Å²) in [6.45, 7) is 1.01. The third-order valence-electron chi connectivity index (χ3n) is 6.65. The summed E-state index contributed by atoms with van der Waals surface area (Å²) in [5.41, 5.74) is 6.45. The van der Waals surface area contributed by atoms with Crippen LogP contribution < -0.4 is 26.4 Å². The van der Waals surface area contributed by atoms with Crippen LogP contribution in [0.15, 0.2) is 36.4 Å². The van der Waals surface area contributed by atoms with Crippen LogP contribution in [0.1, 0.15) is 33.6 Å². The number of primary amides is 1. The summed E-state index contributed by atoms with van der Waals surface area (Å²) in [6, 6.07) is 10.2. The van der Waals surface area contributed by atoms with Crippen LogP contribution >= 0.6 is 11.3 Å². The van der Waals surface area contributed by atoms with Gasteiger partial charge in [0.15, 0.2) is 6.61 Å². The third-order valence-corrected chi connectivity index (χ3v) is 7.84. The normalized spacial score (nSPS) is 11.6. The lowest BCUT2D eigenvalue weighted by Gasteiger charge is -2.17. The van der Waals surface area contributed by atoms with Gasteiger partial charge in [0.05, 0.1) is 41.0 Å². The zero-order valence-corrected chi connectivity index (χ0v) is 26.9. The summed E-state index contributed by atoms with van der Waals surface area (Å²) in [4.78, 5) is 38.5. The Morgan fingerprint density at radius 2 is 1.89 bits per heavy atom. The van der Waals surface area contributed by atoms with E-state index in [1.807, 2.05) is 31.1 Å². The van der Waals surface area contributed by atoms with Crippen molar-refractivity contribution in [3.05, 3.63) is 52.4 Å². The van der Waals surface area contributed by atoms with Crippen molar-refractivity contribution in [2.24, 2.45) is 5.73 Å². The molecule has 0 aliphatic rings. The molecular formula is C32H35F3N6O5S. The van der Waals surface area contributed by atoms with E-state index >= 15 is 0 Å². The number of carbonyl (C=O) groups excluding carboxylic acids is 3. The van der Waals surface area contributed by atoms with Gasteiger partial charge in [0, 0.05) is 25.1 Å². The van der Waals surface area contributed by atoms with Crippen molar-refractivity contribution in [3.8, 4) is 23.7 Å². The number of nitrogens with zero attached hydrogens (tertiary/aromatic N) is 2. The minimum absolute atomic E-state index is 0.000363. The molecule has 0 aliphatic carbocycles. The molecule has 1 unspecified atom stereocenters. The van der Waals surface area contributed by atoms with Gasteiger partial charge in [0.1, 0.15) is 17.9 Å². The number of benzene rings is 2. The number of nitrogens with one attached hydrogen (secondary N) is 3. The molecule has 0 bridgehead atoms. The number of ether oxygens (including phenoxy) is 2. The minimum Gasteiger partial charge on any atom is -0.477 e. The molecule has 3 rings (SSSR count). The maximum absolute atomic E-state index is 13.6. The van der Waals surface area contributed by atoms with Gasteiger partial charge in [-0.15, -0.1) is 11.3 Å². The van der Waals surface area contributed by atoms with Crippen molar-refractivity contribution < 1.29 is 37.0 Å². The number of amides is 2. The van der Waals surface area contributed by atoms with Gasteiger partial charge in [-0.3, -0.25) is 9.59 Å². The van der Waals surface area contributed by atoms with Gasteiger partial charge < -0.3 is 36.1 Å². The molecule has 2 aromatic carbocycles. The second kappa shape index (κ2) is 17.1. The Morgan fingerprint density at radius 1 is 1.13 bits per heavy atom. The quantitative estimate of drug-likeness (QED) is 0.139. The number of hydrogen-bond acceptors (Lipinski definition) is 10. The van der Waals surface area contributed by atoms with Crippen molar-refractivity contribution in [1.29, 1.82) is 5.26 Å². The molecule has 1 atom stereocenters. The molecule has 0 fully saturated rings. The van der Waals surface area contributed by atoms with Crippen LogP contribution in [-0.2, 0) is 20.7 Å². The summed E-state index contributed by atoms with van der Waals surface area (Å²) in [5.74, 6) is 3.80. The van der Waals surface area contributed by atoms with Crippen molar-refractivity contribution in [2.75, 3.05) is 58.1 Å². The summed E-state index contributed by atoms with van der Waals surface area (Å²) in [6.07, 6.45) is -5.78. The maximum atomic E-state index is 13.6. The first-order valence-corrected chi connectivity index (χ1v) is 15.2. The van der Waals surface area contributed by atoms with Crippen molar-refractivity contribution in [1.82, 2.24) is 10.2 Å².